The predicted molar refractivity (Wildman–Crippen MR) is 52.3 cm³/mol. The van der Waals surface area contributed by atoms with Crippen LogP contribution in [0.5, 0.6) is 0 Å². The number of amides is 1. The molecule has 0 bridgehead atoms. The summed E-state index contributed by atoms with van der Waals surface area (Å²) in [6.45, 7) is 2.22. The van der Waals surface area contributed by atoms with E-state index in [1.807, 2.05) is 0 Å². The number of H-pyrrole nitrogens is 1. The summed E-state index contributed by atoms with van der Waals surface area (Å²) >= 11 is 0. The Kier molecular flexibility index (Phi) is 2.96. The van der Waals surface area contributed by atoms with Gasteiger partial charge in [-0.1, -0.05) is 0 Å². The number of ether oxygens (including phenoxy) is 1. The fourth-order valence-electron chi connectivity index (χ4n) is 1.85. The summed E-state index contributed by atoms with van der Waals surface area (Å²) in [5.41, 5.74) is 0. The fourth-order valence-corrected chi connectivity index (χ4v) is 1.85. The number of nitrogens with zero attached hydrogens (tertiary/aromatic N) is 3. The minimum absolute atomic E-state index is 0.0777. The van der Waals surface area contributed by atoms with E-state index in [9.17, 15) is 4.79 Å². The van der Waals surface area contributed by atoms with E-state index in [1.165, 1.54) is 6.33 Å². The van der Waals surface area contributed by atoms with Crippen LogP contribution in [0.15, 0.2) is 6.33 Å². The molecule has 0 spiro atoms. The van der Waals surface area contributed by atoms with Gasteiger partial charge in [-0.2, -0.15) is 5.10 Å². The first kappa shape index (κ1) is 10.1. The SMILES string of the molecule is COCC1CCN(C(=O)c2ncn[nH]2)C1. The van der Waals surface area contributed by atoms with Gasteiger partial charge in [-0.15, -0.1) is 0 Å². The van der Waals surface area contributed by atoms with Crippen LogP contribution in [-0.2, 0) is 4.74 Å². The summed E-state index contributed by atoms with van der Waals surface area (Å²) in [5.74, 6) is 0.682. The smallest absolute Gasteiger partial charge is 0.291 e. The van der Waals surface area contributed by atoms with E-state index >= 15 is 0 Å². The topological polar surface area (TPSA) is 71.1 Å². The molecule has 1 fully saturated rings. The summed E-state index contributed by atoms with van der Waals surface area (Å²) < 4.78 is 5.07. The first-order valence-corrected chi connectivity index (χ1v) is 4.95. The number of hydrogen-bond donors (Lipinski definition) is 1. The largest absolute Gasteiger partial charge is 0.384 e. The number of hydrogen-bond acceptors (Lipinski definition) is 4. The standard InChI is InChI=1S/C9H14N4O2/c1-15-5-7-2-3-13(4-7)9(14)8-10-6-11-12-8/h6-7H,2-5H2,1H3,(H,10,11,12). The third-order valence-electron chi connectivity index (χ3n) is 2.59. The van der Waals surface area contributed by atoms with E-state index < -0.39 is 0 Å². The summed E-state index contributed by atoms with van der Waals surface area (Å²) in [6, 6.07) is 0. The highest BCUT2D eigenvalue weighted by atomic mass is 16.5. The first-order chi connectivity index (χ1) is 7.31. The normalized spacial score (nSPS) is 20.9. The van der Waals surface area contributed by atoms with Gasteiger partial charge >= 0.3 is 0 Å². The third-order valence-corrected chi connectivity index (χ3v) is 2.59. The van der Waals surface area contributed by atoms with E-state index in [4.69, 9.17) is 4.74 Å². The summed E-state index contributed by atoms with van der Waals surface area (Å²) in [4.78, 5) is 17.4. The molecule has 1 atom stereocenters. The van der Waals surface area contributed by atoms with Crippen molar-refractivity contribution in [2.45, 2.75) is 6.42 Å². The Labute approximate surface area is 87.6 Å². The van der Waals surface area contributed by atoms with Gasteiger partial charge in [0.15, 0.2) is 0 Å². The summed E-state index contributed by atoms with van der Waals surface area (Å²) in [6.07, 6.45) is 2.34. The van der Waals surface area contributed by atoms with Crippen LogP contribution in [-0.4, -0.2) is 52.8 Å². The van der Waals surface area contributed by atoms with E-state index in [2.05, 4.69) is 15.2 Å². The molecular weight excluding hydrogens is 196 g/mol. The van der Waals surface area contributed by atoms with Crippen LogP contribution < -0.4 is 0 Å². The molecule has 0 aromatic carbocycles. The highest BCUT2D eigenvalue weighted by molar-refractivity contribution is 5.90. The molecule has 2 rings (SSSR count). The maximum absolute atomic E-state index is 11.8. The van der Waals surface area contributed by atoms with E-state index in [0.29, 0.717) is 18.3 Å². The van der Waals surface area contributed by atoms with Crippen LogP contribution in [0.3, 0.4) is 0 Å². The molecule has 1 aromatic rings. The second-order valence-corrected chi connectivity index (χ2v) is 3.70. The number of aromatic amines is 1. The van der Waals surface area contributed by atoms with E-state index in [-0.39, 0.29) is 5.91 Å². The third kappa shape index (κ3) is 2.15. The minimum atomic E-state index is -0.0777. The van der Waals surface area contributed by atoms with Gasteiger partial charge in [0, 0.05) is 26.1 Å². The molecule has 0 saturated carbocycles. The highest BCUT2D eigenvalue weighted by Crippen LogP contribution is 2.17. The zero-order valence-electron chi connectivity index (χ0n) is 8.64. The molecule has 0 radical (unpaired) electrons. The van der Waals surface area contributed by atoms with Crippen LogP contribution in [0.2, 0.25) is 0 Å². The molecule has 1 aliphatic rings. The Morgan fingerprint density at radius 3 is 3.33 bits per heavy atom. The Bertz CT molecular complexity index is 325. The van der Waals surface area contributed by atoms with Crippen LogP contribution >= 0.6 is 0 Å². The molecular formula is C9H14N4O2. The highest BCUT2D eigenvalue weighted by Gasteiger charge is 2.27. The molecule has 1 amide bonds. The van der Waals surface area contributed by atoms with Gasteiger partial charge in [-0.25, -0.2) is 4.98 Å². The number of rotatable bonds is 3. The average molecular weight is 210 g/mol. The Morgan fingerprint density at radius 1 is 1.80 bits per heavy atom. The zero-order chi connectivity index (χ0) is 10.7. The van der Waals surface area contributed by atoms with Crippen molar-refractivity contribution in [3.63, 3.8) is 0 Å². The van der Waals surface area contributed by atoms with Crippen LogP contribution in [0.4, 0.5) is 0 Å². The monoisotopic (exact) mass is 210 g/mol. The lowest BCUT2D eigenvalue weighted by Gasteiger charge is -2.14. The minimum Gasteiger partial charge on any atom is -0.384 e. The maximum atomic E-state index is 11.8. The van der Waals surface area contributed by atoms with Gasteiger partial charge in [0.2, 0.25) is 5.82 Å². The van der Waals surface area contributed by atoms with Crippen molar-refractivity contribution in [3.05, 3.63) is 12.2 Å². The summed E-state index contributed by atoms with van der Waals surface area (Å²) in [7, 11) is 1.68. The molecule has 82 valence electrons. The molecule has 6 heteroatoms. The Balaban J connectivity index is 1.93. The van der Waals surface area contributed by atoms with Gasteiger partial charge in [0.05, 0.1) is 6.61 Å². The van der Waals surface area contributed by atoms with Crippen molar-refractivity contribution >= 4 is 5.91 Å². The lowest BCUT2D eigenvalue weighted by molar-refractivity contribution is 0.0764. The van der Waals surface area contributed by atoms with Gasteiger partial charge in [-0.3, -0.25) is 9.89 Å². The number of carbonyl (C=O) groups is 1. The van der Waals surface area contributed by atoms with Crippen molar-refractivity contribution < 1.29 is 9.53 Å². The zero-order valence-corrected chi connectivity index (χ0v) is 8.64. The maximum Gasteiger partial charge on any atom is 0.291 e. The molecule has 6 nitrogen and oxygen atoms in total. The van der Waals surface area contributed by atoms with Crippen LogP contribution in [0.1, 0.15) is 17.0 Å². The molecule has 1 saturated heterocycles. The van der Waals surface area contributed by atoms with Gasteiger partial charge in [0.1, 0.15) is 6.33 Å². The van der Waals surface area contributed by atoms with Crippen LogP contribution in [0.25, 0.3) is 0 Å². The van der Waals surface area contributed by atoms with Gasteiger partial charge in [-0.05, 0) is 6.42 Å². The molecule has 2 heterocycles. The Hall–Kier alpha value is -1.43. The summed E-state index contributed by atoms with van der Waals surface area (Å²) in [5, 5.41) is 6.24. The van der Waals surface area contributed by atoms with E-state index in [1.54, 1.807) is 12.0 Å². The average Bonchev–Trinajstić information content (AvgIpc) is 2.87. The van der Waals surface area contributed by atoms with Crippen molar-refractivity contribution in [1.29, 1.82) is 0 Å². The van der Waals surface area contributed by atoms with E-state index in [0.717, 1.165) is 19.5 Å². The Morgan fingerprint density at radius 2 is 2.67 bits per heavy atom. The second kappa shape index (κ2) is 4.39. The van der Waals surface area contributed by atoms with Crippen molar-refractivity contribution in [3.8, 4) is 0 Å². The molecule has 15 heavy (non-hydrogen) atoms. The lowest BCUT2D eigenvalue weighted by Crippen LogP contribution is -2.30. The molecule has 1 N–H and O–H groups in total. The van der Waals surface area contributed by atoms with Crippen LogP contribution in [0, 0.1) is 5.92 Å². The number of aromatic nitrogens is 3. The molecule has 0 aliphatic carbocycles. The molecule has 1 aliphatic heterocycles. The van der Waals surface area contributed by atoms with Gasteiger partial charge in [0.25, 0.3) is 5.91 Å². The van der Waals surface area contributed by atoms with Gasteiger partial charge < -0.3 is 9.64 Å². The number of carbonyl (C=O) groups excluding carboxylic acids is 1. The predicted octanol–water partition coefficient (Wildman–Crippen LogP) is -0.0868. The lowest BCUT2D eigenvalue weighted by atomic mass is 10.1. The fraction of sp³-hybridized carbons (Fsp3) is 0.667. The van der Waals surface area contributed by atoms with Crippen molar-refractivity contribution in [2.75, 3.05) is 26.8 Å². The number of nitrogens with one attached hydrogen (secondary N) is 1. The van der Waals surface area contributed by atoms with Crippen molar-refractivity contribution in [2.24, 2.45) is 5.92 Å². The molecule has 1 unspecified atom stereocenters. The second-order valence-electron chi connectivity index (χ2n) is 3.70. The number of likely N-dealkylation sites (tertiary alicyclic amines) is 1. The quantitative estimate of drug-likeness (QED) is 0.757. The number of methoxy groups -OCH3 is 1. The first-order valence-electron chi connectivity index (χ1n) is 4.95. The van der Waals surface area contributed by atoms with Crippen molar-refractivity contribution in [1.82, 2.24) is 20.1 Å². The molecule has 1 aromatic heterocycles.